The maximum atomic E-state index is 13.2. The summed E-state index contributed by atoms with van der Waals surface area (Å²) in [5.74, 6) is -1.38. The van der Waals surface area contributed by atoms with Gasteiger partial charge in [0, 0.05) is 17.6 Å². The van der Waals surface area contributed by atoms with Gasteiger partial charge in [-0.05, 0) is 56.6 Å². The SMILES string of the molecule is CCN(CC)CCCN1C(=O)C(=O)C(=C(O)c2c(C)nc3ccccn23)[C@@H]1c1cccs1. The number of aliphatic hydroxyl groups excluding tert-OH is 1. The maximum Gasteiger partial charge on any atom is 0.295 e. The van der Waals surface area contributed by atoms with E-state index in [1.807, 2.05) is 35.7 Å². The summed E-state index contributed by atoms with van der Waals surface area (Å²) in [6, 6.07) is 8.76. The smallest absolute Gasteiger partial charge is 0.295 e. The molecule has 0 aliphatic carbocycles. The second kappa shape index (κ2) is 9.26. The van der Waals surface area contributed by atoms with Gasteiger partial charge in [-0.15, -0.1) is 11.3 Å². The number of thiophene rings is 1. The topological polar surface area (TPSA) is 78.2 Å². The van der Waals surface area contributed by atoms with Gasteiger partial charge in [0.15, 0.2) is 5.76 Å². The molecule has 1 aliphatic heterocycles. The fraction of sp³-hybridized carbons (Fsp3) is 0.375. The van der Waals surface area contributed by atoms with Crippen molar-refractivity contribution in [3.63, 3.8) is 0 Å². The highest BCUT2D eigenvalue weighted by Gasteiger charge is 2.46. The molecule has 4 rings (SSSR count). The van der Waals surface area contributed by atoms with Gasteiger partial charge < -0.3 is 14.9 Å². The number of aryl methyl sites for hydroxylation is 1. The van der Waals surface area contributed by atoms with Crippen molar-refractivity contribution in [2.24, 2.45) is 0 Å². The Labute approximate surface area is 191 Å². The van der Waals surface area contributed by atoms with Crippen molar-refractivity contribution in [3.8, 4) is 0 Å². The van der Waals surface area contributed by atoms with E-state index in [9.17, 15) is 14.7 Å². The summed E-state index contributed by atoms with van der Waals surface area (Å²) < 4.78 is 1.75. The Morgan fingerprint density at radius 1 is 1.19 bits per heavy atom. The summed E-state index contributed by atoms with van der Waals surface area (Å²) in [6.07, 6.45) is 2.55. The number of imidazole rings is 1. The number of hydrogen-bond acceptors (Lipinski definition) is 6. The third kappa shape index (κ3) is 3.84. The molecule has 3 aromatic heterocycles. The summed E-state index contributed by atoms with van der Waals surface area (Å²) in [5.41, 5.74) is 1.86. The second-order valence-electron chi connectivity index (χ2n) is 7.86. The summed E-state index contributed by atoms with van der Waals surface area (Å²) in [6.45, 7) is 9.20. The van der Waals surface area contributed by atoms with Gasteiger partial charge in [-0.2, -0.15) is 0 Å². The standard InChI is InChI=1S/C24H28N4O3S/c1-4-26(5-2)12-9-14-28-21(17-10-8-15-32-17)19(23(30)24(28)31)22(29)20-16(3)25-18-11-6-7-13-27(18)20/h6-8,10-11,13,15,21,29H,4-5,9,12,14H2,1-3H3/t21-/m0/s1. The van der Waals surface area contributed by atoms with Crippen LogP contribution in [0.3, 0.4) is 0 Å². The number of carbonyl (C=O) groups excluding carboxylic acids is 2. The van der Waals surface area contributed by atoms with Crippen LogP contribution in [0.5, 0.6) is 0 Å². The number of rotatable bonds is 8. The minimum absolute atomic E-state index is 0.133. The van der Waals surface area contributed by atoms with Crippen LogP contribution in [0.2, 0.25) is 0 Å². The van der Waals surface area contributed by atoms with Crippen LogP contribution < -0.4 is 0 Å². The third-order valence-corrected chi connectivity index (χ3v) is 6.97. The number of amides is 1. The van der Waals surface area contributed by atoms with Gasteiger partial charge in [-0.3, -0.25) is 14.0 Å². The molecule has 1 aliphatic rings. The molecule has 8 heteroatoms. The molecule has 168 valence electrons. The Bertz CT molecular complexity index is 1160. The van der Waals surface area contributed by atoms with E-state index >= 15 is 0 Å². The molecule has 1 saturated heterocycles. The molecule has 0 aromatic carbocycles. The first kappa shape index (κ1) is 22.2. The molecule has 7 nitrogen and oxygen atoms in total. The van der Waals surface area contributed by atoms with Crippen molar-refractivity contribution in [2.45, 2.75) is 33.2 Å². The largest absolute Gasteiger partial charge is 0.505 e. The maximum absolute atomic E-state index is 13.2. The van der Waals surface area contributed by atoms with E-state index in [-0.39, 0.29) is 11.3 Å². The van der Waals surface area contributed by atoms with Gasteiger partial charge in [0.05, 0.1) is 17.3 Å². The normalized spacial score (nSPS) is 18.4. The molecule has 0 bridgehead atoms. The van der Waals surface area contributed by atoms with Crippen LogP contribution in [0.15, 0.2) is 47.5 Å². The predicted molar refractivity (Wildman–Crippen MR) is 126 cm³/mol. The average Bonchev–Trinajstić information content (AvgIpc) is 3.49. The fourth-order valence-electron chi connectivity index (χ4n) is 4.38. The minimum Gasteiger partial charge on any atom is -0.505 e. The highest BCUT2D eigenvalue weighted by Crippen LogP contribution is 2.41. The number of fused-ring (bicyclic) bond motifs is 1. The molecule has 3 aromatic rings. The lowest BCUT2D eigenvalue weighted by molar-refractivity contribution is -0.139. The van der Waals surface area contributed by atoms with Gasteiger partial charge in [0.25, 0.3) is 11.7 Å². The van der Waals surface area contributed by atoms with Crippen LogP contribution in [-0.2, 0) is 9.59 Å². The zero-order chi connectivity index (χ0) is 22.8. The van der Waals surface area contributed by atoms with Crippen LogP contribution in [0, 0.1) is 6.92 Å². The summed E-state index contributed by atoms with van der Waals surface area (Å²) >= 11 is 1.48. The minimum atomic E-state index is -0.644. The third-order valence-electron chi connectivity index (χ3n) is 6.05. The van der Waals surface area contributed by atoms with E-state index < -0.39 is 17.7 Å². The van der Waals surface area contributed by atoms with E-state index in [0.717, 1.165) is 30.9 Å². The highest BCUT2D eigenvalue weighted by molar-refractivity contribution is 7.10. The highest BCUT2D eigenvalue weighted by atomic mass is 32.1. The first-order valence-corrected chi connectivity index (χ1v) is 11.8. The zero-order valence-corrected chi connectivity index (χ0v) is 19.4. The second-order valence-corrected chi connectivity index (χ2v) is 8.84. The van der Waals surface area contributed by atoms with Crippen LogP contribution in [0.1, 0.15) is 42.6 Å². The van der Waals surface area contributed by atoms with Crippen molar-refractivity contribution in [1.82, 2.24) is 19.2 Å². The van der Waals surface area contributed by atoms with Gasteiger partial charge in [-0.25, -0.2) is 4.98 Å². The van der Waals surface area contributed by atoms with Crippen LogP contribution in [0.25, 0.3) is 11.4 Å². The van der Waals surface area contributed by atoms with E-state index in [1.165, 1.54) is 11.3 Å². The number of pyridine rings is 1. The Morgan fingerprint density at radius 3 is 2.66 bits per heavy atom. The molecule has 0 spiro atoms. The molecule has 1 amide bonds. The molecule has 1 fully saturated rings. The van der Waals surface area contributed by atoms with Crippen molar-refractivity contribution < 1.29 is 14.7 Å². The number of Topliss-reactive ketones (excluding diaryl/α,β-unsaturated/α-hetero) is 1. The summed E-state index contributed by atoms with van der Waals surface area (Å²) in [7, 11) is 0. The Hall–Kier alpha value is -2.97. The zero-order valence-electron chi connectivity index (χ0n) is 18.6. The van der Waals surface area contributed by atoms with Crippen molar-refractivity contribution in [1.29, 1.82) is 0 Å². The molecule has 1 N–H and O–H groups in total. The summed E-state index contributed by atoms with van der Waals surface area (Å²) in [4.78, 5) is 35.5. The molecule has 1 atom stereocenters. The first-order chi connectivity index (χ1) is 15.5. The lowest BCUT2D eigenvalue weighted by Crippen LogP contribution is -2.33. The van der Waals surface area contributed by atoms with Crippen molar-refractivity contribution in [2.75, 3.05) is 26.2 Å². The Balaban J connectivity index is 1.77. The van der Waals surface area contributed by atoms with E-state index in [4.69, 9.17) is 0 Å². The van der Waals surface area contributed by atoms with Crippen LogP contribution >= 0.6 is 11.3 Å². The number of hydrogen-bond donors (Lipinski definition) is 1. The van der Waals surface area contributed by atoms with Gasteiger partial charge >= 0.3 is 0 Å². The van der Waals surface area contributed by atoms with Crippen LogP contribution in [0.4, 0.5) is 0 Å². The Morgan fingerprint density at radius 2 is 1.97 bits per heavy atom. The molecule has 0 radical (unpaired) electrons. The van der Waals surface area contributed by atoms with Crippen molar-refractivity contribution in [3.05, 3.63) is 63.7 Å². The Kier molecular flexibility index (Phi) is 6.43. The molecular weight excluding hydrogens is 424 g/mol. The van der Waals surface area contributed by atoms with Gasteiger partial charge in [-0.1, -0.05) is 26.0 Å². The lowest BCUT2D eigenvalue weighted by Gasteiger charge is -2.25. The van der Waals surface area contributed by atoms with Gasteiger partial charge in [0.1, 0.15) is 11.3 Å². The number of aromatic nitrogens is 2. The number of carbonyl (C=O) groups is 2. The monoisotopic (exact) mass is 452 g/mol. The fourth-order valence-corrected chi connectivity index (χ4v) is 5.23. The molecule has 32 heavy (non-hydrogen) atoms. The quantitative estimate of drug-likeness (QED) is 0.319. The lowest BCUT2D eigenvalue weighted by atomic mass is 10.0. The first-order valence-electron chi connectivity index (χ1n) is 11.0. The average molecular weight is 453 g/mol. The number of aliphatic hydroxyl groups is 1. The molecule has 4 heterocycles. The molecule has 0 saturated carbocycles. The van der Waals surface area contributed by atoms with E-state index in [1.54, 1.807) is 22.4 Å². The number of nitrogens with zero attached hydrogens (tertiary/aromatic N) is 4. The predicted octanol–water partition coefficient (Wildman–Crippen LogP) is 3.86. The van der Waals surface area contributed by atoms with E-state index in [0.29, 0.717) is 23.6 Å². The van der Waals surface area contributed by atoms with Crippen LogP contribution in [-0.4, -0.2) is 62.2 Å². The summed E-state index contributed by atoms with van der Waals surface area (Å²) in [5, 5.41) is 13.3. The van der Waals surface area contributed by atoms with E-state index in [2.05, 4.69) is 23.7 Å². The number of likely N-dealkylation sites (tertiary alicyclic amines) is 1. The van der Waals surface area contributed by atoms with Crippen molar-refractivity contribution >= 4 is 34.4 Å². The van der Waals surface area contributed by atoms with Gasteiger partial charge in [0.2, 0.25) is 0 Å². The molecular formula is C24H28N4O3S. The molecule has 0 unspecified atom stereocenters. The number of ketones is 1.